The Labute approximate surface area is 84.9 Å². The number of hydrogen-bond acceptors (Lipinski definition) is 4. The lowest BCUT2D eigenvalue weighted by molar-refractivity contribution is 0.474. The highest BCUT2D eigenvalue weighted by molar-refractivity contribution is 6.30. The van der Waals surface area contributed by atoms with Crippen molar-refractivity contribution in [2.45, 2.75) is 0 Å². The highest BCUT2D eigenvalue weighted by Crippen LogP contribution is 2.31. The van der Waals surface area contributed by atoms with Crippen LogP contribution in [0.1, 0.15) is 0 Å². The number of phenolic OH excluding ortho intramolecular Hbond substituents is 1. The number of anilines is 1. The largest absolute Gasteiger partial charge is 0.507 e. The molecule has 4 nitrogen and oxygen atoms in total. The van der Waals surface area contributed by atoms with Gasteiger partial charge in [0.25, 0.3) is 6.01 Å². The van der Waals surface area contributed by atoms with E-state index in [1.165, 1.54) is 12.3 Å². The molecule has 72 valence electrons. The van der Waals surface area contributed by atoms with Gasteiger partial charge >= 0.3 is 0 Å². The average Bonchev–Trinajstić information content (AvgIpc) is 2.51. The van der Waals surface area contributed by atoms with E-state index in [0.717, 1.165) is 0 Å². The Morgan fingerprint density at radius 3 is 2.79 bits per heavy atom. The van der Waals surface area contributed by atoms with E-state index in [4.69, 9.17) is 21.8 Å². The second-order valence-corrected chi connectivity index (χ2v) is 3.16. The van der Waals surface area contributed by atoms with Crippen molar-refractivity contribution in [2.24, 2.45) is 0 Å². The Balaban J connectivity index is 2.52. The van der Waals surface area contributed by atoms with E-state index in [1.807, 2.05) is 0 Å². The summed E-state index contributed by atoms with van der Waals surface area (Å²) in [6.45, 7) is 0. The number of nitrogens with zero attached hydrogens (tertiary/aromatic N) is 1. The second-order valence-electron chi connectivity index (χ2n) is 2.72. The summed E-state index contributed by atoms with van der Waals surface area (Å²) < 4.78 is 5.05. The van der Waals surface area contributed by atoms with E-state index < -0.39 is 0 Å². The van der Waals surface area contributed by atoms with Crippen LogP contribution in [-0.4, -0.2) is 10.1 Å². The lowest BCUT2D eigenvalue weighted by atomic mass is 10.1. The zero-order valence-electron chi connectivity index (χ0n) is 7.07. The Bertz CT molecular complexity index is 468. The van der Waals surface area contributed by atoms with Crippen molar-refractivity contribution in [1.29, 1.82) is 0 Å². The van der Waals surface area contributed by atoms with Crippen LogP contribution in [0.2, 0.25) is 5.02 Å². The van der Waals surface area contributed by atoms with Crippen LogP contribution in [0.5, 0.6) is 5.75 Å². The number of phenols is 1. The highest BCUT2D eigenvalue weighted by Gasteiger charge is 2.09. The molecule has 3 N–H and O–H groups in total. The standard InChI is InChI=1S/C9H7ClN2O2/c10-5-1-2-6(7(13)3-5)8-4-12-9(11)14-8/h1-4,13H,(H2,11,12). The smallest absolute Gasteiger partial charge is 0.292 e. The van der Waals surface area contributed by atoms with E-state index in [-0.39, 0.29) is 11.8 Å². The maximum Gasteiger partial charge on any atom is 0.292 e. The summed E-state index contributed by atoms with van der Waals surface area (Å²) in [5.74, 6) is 0.449. The van der Waals surface area contributed by atoms with Crippen LogP contribution < -0.4 is 5.73 Å². The number of rotatable bonds is 1. The molecule has 0 saturated heterocycles. The Morgan fingerprint density at radius 1 is 1.43 bits per heavy atom. The topological polar surface area (TPSA) is 72.3 Å². The lowest BCUT2D eigenvalue weighted by Crippen LogP contribution is -1.80. The molecule has 0 radical (unpaired) electrons. The first-order valence-electron chi connectivity index (χ1n) is 3.87. The van der Waals surface area contributed by atoms with Crippen molar-refractivity contribution in [3.05, 3.63) is 29.4 Å². The van der Waals surface area contributed by atoms with Gasteiger partial charge in [-0.15, -0.1) is 0 Å². The van der Waals surface area contributed by atoms with Crippen molar-refractivity contribution in [2.75, 3.05) is 5.73 Å². The third kappa shape index (κ3) is 1.52. The molecule has 1 aromatic heterocycles. The zero-order valence-corrected chi connectivity index (χ0v) is 7.82. The molecule has 0 saturated carbocycles. The molecule has 5 heteroatoms. The van der Waals surface area contributed by atoms with Crippen molar-refractivity contribution in [3.63, 3.8) is 0 Å². The summed E-state index contributed by atoms with van der Waals surface area (Å²) in [4.78, 5) is 3.72. The molecule has 0 bridgehead atoms. The van der Waals surface area contributed by atoms with Crippen LogP contribution in [0.3, 0.4) is 0 Å². The maximum absolute atomic E-state index is 9.54. The molecule has 2 rings (SSSR count). The Morgan fingerprint density at radius 2 is 2.21 bits per heavy atom. The van der Waals surface area contributed by atoms with Gasteiger partial charge in [-0.05, 0) is 18.2 Å². The predicted molar refractivity (Wildman–Crippen MR) is 53.0 cm³/mol. The first kappa shape index (κ1) is 8.90. The molecule has 0 unspecified atom stereocenters. The predicted octanol–water partition coefficient (Wildman–Crippen LogP) is 2.28. The van der Waals surface area contributed by atoms with Crippen molar-refractivity contribution in [3.8, 4) is 17.1 Å². The second kappa shape index (κ2) is 3.23. The minimum Gasteiger partial charge on any atom is -0.507 e. The molecule has 0 aliphatic rings. The maximum atomic E-state index is 9.54. The number of aromatic hydroxyl groups is 1. The minimum atomic E-state index is 0.0358. The van der Waals surface area contributed by atoms with Gasteiger partial charge in [-0.1, -0.05) is 11.6 Å². The number of aromatic nitrogens is 1. The fourth-order valence-electron chi connectivity index (χ4n) is 1.13. The number of nitrogens with two attached hydrogens (primary N) is 1. The van der Waals surface area contributed by atoms with E-state index in [0.29, 0.717) is 16.3 Å². The molecule has 0 aliphatic heterocycles. The monoisotopic (exact) mass is 210 g/mol. The molecular weight excluding hydrogens is 204 g/mol. The Hall–Kier alpha value is -1.68. The minimum absolute atomic E-state index is 0.0358. The van der Waals surface area contributed by atoms with Crippen molar-refractivity contribution < 1.29 is 9.52 Å². The molecule has 14 heavy (non-hydrogen) atoms. The van der Waals surface area contributed by atoms with Gasteiger partial charge in [-0.2, -0.15) is 0 Å². The quantitative estimate of drug-likeness (QED) is 0.758. The molecule has 0 fully saturated rings. The molecular formula is C9H7ClN2O2. The summed E-state index contributed by atoms with van der Waals surface area (Å²) in [7, 11) is 0. The van der Waals surface area contributed by atoms with Crippen molar-refractivity contribution in [1.82, 2.24) is 4.98 Å². The fourth-order valence-corrected chi connectivity index (χ4v) is 1.29. The van der Waals surface area contributed by atoms with Crippen LogP contribution in [0.15, 0.2) is 28.8 Å². The highest BCUT2D eigenvalue weighted by atomic mass is 35.5. The molecule has 0 amide bonds. The van der Waals surface area contributed by atoms with Crippen LogP contribution >= 0.6 is 11.6 Å². The Kier molecular flexibility index (Phi) is 2.05. The number of oxazole rings is 1. The molecule has 1 aromatic carbocycles. The summed E-state index contributed by atoms with van der Waals surface area (Å²) in [5.41, 5.74) is 5.82. The van der Waals surface area contributed by atoms with Crippen LogP contribution in [0, 0.1) is 0 Å². The lowest BCUT2D eigenvalue weighted by Gasteiger charge is -2.00. The average molecular weight is 211 g/mol. The SMILES string of the molecule is Nc1ncc(-c2ccc(Cl)cc2O)o1. The molecule has 0 spiro atoms. The van der Waals surface area contributed by atoms with Gasteiger partial charge in [0, 0.05) is 5.02 Å². The number of hydrogen-bond donors (Lipinski definition) is 2. The normalized spacial score (nSPS) is 10.4. The van der Waals surface area contributed by atoms with Gasteiger partial charge in [0.1, 0.15) is 5.75 Å². The third-order valence-corrected chi connectivity index (χ3v) is 1.98. The third-order valence-electron chi connectivity index (χ3n) is 1.75. The van der Waals surface area contributed by atoms with Crippen molar-refractivity contribution >= 4 is 17.6 Å². The zero-order chi connectivity index (χ0) is 10.1. The van der Waals surface area contributed by atoms with E-state index in [2.05, 4.69) is 4.98 Å². The summed E-state index contributed by atoms with van der Waals surface area (Å²) in [6, 6.07) is 4.78. The molecule has 2 aromatic rings. The molecule has 1 heterocycles. The molecule has 0 aliphatic carbocycles. The van der Waals surface area contributed by atoms with Crippen LogP contribution in [0.4, 0.5) is 6.01 Å². The molecule has 0 atom stereocenters. The van der Waals surface area contributed by atoms with E-state index >= 15 is 0 Å². The first-order valence-corrected chi connectivity index (χ1v) is 4.25. The van der Waals surface area contributed by atoms with Crippen LogP contribution in [-0.2, 0) is 0 Å². The number of nitrogen functional groups attached to an aromatic ring is 1. The fraction of sp³-hybridized carbons (Fsp3) is 0. The van der Waals surface area contributed by atoms with Gasteiger partial charge in [-0.3, -0.25) is 0 Å². The van der Waals surface area contributed by atoms with Crippen LogP contribution in [0.25, 0.3) is 11.3 Å². The van der Waals surface area contributed by atoms with Gasteiger partial charge in [0.05, 0.1) is 11.8 Å². The van der Waals surface area contributed by atoms with Gasteiger partial charge in [0.15, 0.2) is 5.76 Å². The summed E-state index contributed by atoms with van der Waals surface area (Å²) in [6.07, 6.45) is 1.44. The van der Waals surface area contributed by atoms with E-state index in [1.54, 1.807) is 12.1 Å². The number of benzene rings is 1. The van der Waals surface area contributed by atoms with E-state index in [9.17, 15) is 5.11 Å². The van der Waals surface area contributed by atoms with Gasteiger partial charge < -0.3 is 15.3 Å². The van der Waals surface area contributed by atoms with Gasteiger partial charge in [0.2, 0.25) is 0 Å². The number of halogens is 1. The first-order chi connectivity index (χ1) is 6.66. The summed E-state index contributed by atoms with van der Waals surface area (Å²) >= 11 is 5.68. The summed E-state index contributed by atoms with van der Waals surface area (Å²) in [5, 5.41) is 10.00. The van der Waals surface area contributed by atoms with Gasteiger partial charge in [-0.25, -0.2) is 4.98 Å².